The van der Waals surface area contributed by atoms with Gasteiger partial charge in [-0.1, -0.05) is 12.8 Å². The maximum absolute atomic E-state index is 12.2. The molecule has 0 aromatic carbocycles. The molecule has 0 bridgehead atoms. The van der Waals surface area contributed by atoms with Crippen LogP contribution in [0.5, 0.6) is 0 Å². The first-order valence-corrected chi connectivity index (χ1v) is 5.93. The van der Waals surface area contributed by atoms with Gasteiger partial charge in [-0.15, -0.1) is 0 Å². The van der Waals surface area contributed by atoms with Crippen molar-refractivity contribution in [2.24, 2.45) is 5.92 Å². The number of amides is 1. The van der Waals surface area contributed by atoms with E-state index in [1.807, 2.05) is 13.8 Å². The molecule has 0 N–H and O–H groups in total. The van der Waals surface area contributed by atoms with Gasteiger partial charge < -0.3 is 9.64 Å². The molecule has 1 aliphatic carbocycles. The zero-order chi connectivity index (χ0) is 12.1. The zero-order valence-corrected chi connectivity index (χ0v) is 10.4. The van der Waals surface area contributed by atoms with Crippen LogP contribution in [0.4, 0.5) is 0 Å². The first-order chi connectivity index (χ1) is 7.56. The molecule has 92 valence electrons. The van der Waals surface area contributed by atoms with E-state index in [0.717, 1.165) is 25.7 Å². The van der Waals surface area contributed by atoms with E-state index in [4.69, 9.17) is 0 Å². The van der Waals surface area contributed by atoms with E-state index in [0.29, 0.717) is 0 Å². The van der Waals surface area contributed by atoms with Crippen LogP contribution in [0.2, 0.25) is 0 Å². The van der Waals surface area contributed by atoms with Crippen molar-refractivity contribution in [3.8, 4) is 0 Å². The summed E-state index contributed by atoms with van der Waals surface area (Å²) in [4.78, 5) is 25.0. The number of carbonyl (C=O) groups excluding carboxylic acids is 2. The van der Waals surface area contributed by atoms with Crippen molar-refractivity contribution in [3.63, 3.8) is 0 Å². The normalized spacial score (nSPS) is 16.5. The van der Waals surface area contributed by atoms with E-state index < -0.39 is 0 Å². The van der Waals surface area contributed by atoms with Crippen LogP contribution in [0.25, 0.3) is 0 Å². The molecular formula is C12H21NO3. The van der Waals surface area contributed by atoms with Crippen LogP contribution in [0, 0.1) is 5.92 Å². The average molecular weight is 227 g/mol. The lowest BCUT2D eigenvalue weighted by molar-refractivity contribution is -0.149. The molecule has 1 fully saturated rings. The van der Waals surface area contributed by atoms with E-state index >= 15 is 0 Å². The third-order valence-electron chi connectivity index (χ3n) is 3.14. The van der Waals surface area contributed by atoms with Crippen molar-refractivity contribution in [2.75, 3.05) is 13.7 Å². The summed E-state index contributed by atoms with van der Waals surface area (Å²) in [7, 11) is 1.35. The summed E-state index contributed by atoms with van der Waals surface area (Å²) >= 11 is 0. The topological polar surface area (TPSA) is 46.6 Å². The first-order valence-electron chi connectivity index (χ1n) is 5.93. The first kappa shape index (κ1) is 13.0. The van der Waals surface area contributed by atoms with Crippen LogP contribution in [-0.4, -0.2) is 36.5 Å². The standard InChI is InChI=1S/C12H21NO3/c1-9(2)13(8-11(14)16-3)12(15)10-6-4-5-7-10/h9-10H,4-8H2,1-3H3. The van der Waals surface area contributed by atoms with Gasteiger partial charge in [0.05, 0.1) is 7.11 Å². The third-order valence-corrected chi connectivity index (χ3v) is 3.14. The van der Waals surface area contributed by atoms with Gasteiger partial charge in [-0.2, -0.15) is 0 Å². The van der Waals surface area contributed by atoms with Crippen molar-refractivity contribution < 1.29 is 14.3 Å². The fourth-order valence-corrected chi connectivity index (χ4v) is 2.13. The molecule has 0 saturated heterocycles. The Morgan fingerprint density at radius 1 is 1.31 bits per heavy atom. The number of hydrogen-bond acceptors (Lipinski definition) is 3. The summed E-state index contributed by atoms with van der Waals surface area (Å²) in [6.45, 7) is 3.93. The van der Waals surface area contributed by atoms with Crippen molar-refractivity contribution in [1.82, 2.24) is 4.90 Å². The molecule has 1 aliphatic rings. The largest absolute Gasteiger partial charge is 0.468 e. The molecule has 1 amide bonds. The predicted octanol–water partition coefficient (Wildman–Crippen LogP) is 1.59. The second-order valence-corrected chi connectivity index (χ2v) is 4.62. The van der Waals surface area contributed by atoms with Crippen LogP contribution in [0.1, 0.15) is 39.5 Å². The van der Waals surface area contributed by atoms with Crippen LogP contribution in [-0.2, 0) is 14.3 Å². The van der Waals surface area contributed by atoms with Crippen LogP contribution >= 0.6 is 0 Å². The molecule has 0 aliphatic heterocycles. The second kappa shape index (κ2) is 5.87. The zero-order valence-electron chi connectivity index (χ0n) is 10.4. The number of nitrogens with zero attached hydrogens (tertiary/aromatic N) is 1. The molecule has 16 heavy (non-hydrogen) atoms. The Bertz CT molecular complexity index is 257. The minimum atomic E-state index is -0.347. The molecule has 0 unspecified atom stereocenters. The number of ether oxygens (including phenoxy) is 1. The number of methoxy groups -OCH3 is 1. The maximum atomic E-state index is 12.2. The number of hydrogen-bond donors (Lipinski definition) is 0. The van der Waals surface area contributed by atoms with Crippen LogP contribution in [0.15, 0.2) is 0 Å². The highest BCUT2D eigenvalue weighted by Gasteiger charge is 2.29. The minimum Gasteiger partial charge on any atom is -0.468 e. The van der Waals surface area contributed by atoms with Gasteiger partial charge in [0.25, 0.3) is 0 Å². The Hall–Kier alpha value is -1.06. The van der Waals surface area contributed by atoms with Gasteiger partial charge in [-0.25, -0.2) is 0 Å². The molecule has 0 heterocycles. The van der Waals surface area contributed by atoms with Gasteiger partial charge in [0, 0.05) is 12.0 Å². The van der Waals surface area contributed by atoms with E-state index in [-0.39, 0.29) is 30.4 Å². The molecule has 0 aromatic heterocycles. The van der Waals surface area contributed by atoms with Crippen molar-refractivity contribution in [3.05, 3.63) is 0 Å². The third kappa shape index (κ3) is 3.22. The van der Waals surface area contributed by atoms with Gasteiger partial charge >= 0.3 is 5.97 Å². The van der Waals surface area contributed by atoms with Crippen molar-refractivity contribution in [2.45, 2.75) is 45.6 Å². The summed E-state index contributed by atoms with van der Waals surface area (Å²) in [5.41, 5.74) is 0. The lowest BCUT2D eigenvalue weighted by Gasteiger charge is -2.28. The molecule has 4 nitrogen and oxygen atoms in total. The van der Waals surface area contributed by atoms with Crippen LogP contribution in [0.3, 0.4) is 0 Å². The Kier molecular flexibility index (Phi) is 4.77. The van der Waals surface area contributed by atoms with Crippen molar-refractivity contribution in [1.29, 1.82) is 0 Å². The van der Waals surface area contributed by atoms with Gasteiger partial charge in [-0.05, 0) is 26.7 Å². The molecule has 0 atom stereocenters. The fraction of sp³-hybridized carbons (Fsp3) is 0.833. The van der Waals surface area contributed by atoms with Gasteiger partial charge in [0.15, 0.2) is 0 Å². The lowest BCUT2D eigenvalue weighted by atomic mass is 10.1. The molecule has 1 rings (SSSR count). The van der Waals surface area contributed by atoms with Gasteiger partial charge in [0.2, 0.25) is 5.91 Å². The maximum Gasteiger partial charge on any atom is 0.325 e. The van der Waals surface area contributed by atoms with E-state index in [1.165, 1.54) is 7.11 Å². The van der Waals surface area contributed by atoms with Gasteiger partial charge in [0.1, 0.15) is 6.54 Å². The predicted molar refractivity (Wildman–Crippen MR) is 60.8 cm³/mol. The fourth-order valence-electron chi connectivity index (χ4n) is 2.13. The second-order valence-electron chi connectivity index (χ2n) is 4.62. The molecule has 0 radical (unpaired) electrons. The highest BCUT2D eigenvalue weighted by atomic mass is 16.5. The van der Waals surface area contributed by atoms with Crippen LogP contribution < -0.4 is 0 Å². The lowest BCUT2D eigenvalue weighted by Crippen LogP contribution is -2.43. The number of esters is 1. The highest BCUT2D eigenvalue weighted by molar-refractivity contribution is 5.84. The monoisotopic (exact) mass is 227 g/mol. The molecular weight excluding hydrogens is 206 g/mol. The minimum absolute atomic E-state index is 0.0483. The molecule has 0 spiro atoms. The molecule has 4 heteroatoms. The number of rotatable bonds is 4. The van der Waals surface area contributed by atoms with E-state index in [9.17, 15) is 9.59 Å². The SMILES string of the molecule is COC(=O)CN(C(=O)C1CCCC1)C(C)C. The van der Waals surface area contributed by atoms with E-state index in [2.05, 4.69) is 4.74 Å². The summed E-state index contributed by atoms with van der Waals surface area (Å²) in [6, 6.07) is 0.0483. The Morgan fingerprint density at radius 2 is 1.88 bits per heavy atom. The average Bonchev–Trinajstić information content (AvgIpc) is 2.77. The smallest absolute Gasteiger partial charge is 0.325 e. The molecule has 1 saturated carbocycles. The van der Waals surface area contributed by atoms with E-state index in [1.54, 1.807) is 4.90 Å². The Labute approximate surface area is 96.9 Å². The highest BCUT2D eigenvalue weighted by Crippen LogP contribution is 2.27. The quantitative estimate of drug-likeness (QED) is 0.685. The van der Waals surface area contributed by atoms with Crippen molar-refractivity contribution >= 4 is 11.9 Å². The summed E-state index contributed by atoms with van der Waals surface area (Å²) in [5, 5.41) is 0. The van der Waals surface area contributed by atoms with Gasteiger partial charge in [-0.3, -0.25) is 9.59 Å². The number of carbonyl (C=O) groups is 2. The Morgan fingerprint density at radius 3 is 2.31 bits per heavy atom. The summed E-state index contributed by atoms with van der Waals surface area (Å²) < 4.78 is 4.61. The Balaban J connectivity index is 2.61. The molecule has 0 aromatic rings. The summed E-state index contributed by atoms with van der Waals surface area (Å²) in [5.74, 6) is -0.120. The summed E-state index contributed by atoms with van der Waals surface area (Å²) in [6.07, 6.45) is 4.17.